The van der Waals surface area contributed by atoms with E-state index < -0.39 is 0 Å². The van der Waals surface area contributed by atoms with Crippen molar-refractivity contribution in [1.29, 1.82) is 0 Å². The third-order valence-electron chi connectivity index (χ3n) is 7.03. The number of aliphatic hydroxyl groups is 2. The maximum absolute atomic E-state index is 12.3. The lowest BCUT2D eigenvalue weighted by Gasteiger charge is -2.20. The molecule has 4 heteroatoms. The van der Waals surface area contributed by atoms with E-state index in [0.29, 0.717) is 12.5 Å². The molecule has 31 heavy (non-hydrogen) atoms. The van der Waals surface area contributed by atoms with Gasteiger partial charge in [-0.3, -0.25) is 4.79 Å². The Kier molecular flexibility index (Phi) is 15.2. The van der Waals surface area contributed by atoms with Crippen LogP contribution in [0.5, 0.6) is 0 Å². The first-order valence-electron chi connectivity index (χ1n) is 13.1. The maximum atomic E-state index is 12.3. The van der Waals surface area contributed by atoms with E-state index in [4.69, 9.17) is 4.74 Å². The average Bonchev–Trinajstić information content (AvgIpc) is 3.10. The normalized spacial score (nSPS) is 23.1. The maximum Gasteiger partial charge on any atom is 0.308 e. The monoisotopic (exact) mass is 438 g/mol. The Labute approximate surface area is 191 Å². The fourth-order valence-electron chi connectivity index (χ4n) is 4.79. The lowest BCUT2D eigenvalue weighted by atomic mass is 9.88. The Bertz CT molecular complexity index is 501. The Morgan fingerprint density at radius 2 is 1.87 bits per heavy atom. The summed E-state index contributed by atoms with van der Waals surface area (Å²) in [5, 5.41) is 20.6. The first kappa shape index (κ1) is 28.2. The third kappa shape index (κ3) is 11.5. The second-order valence-corrected chi connectivity index (χ2v) is 9.71. The van der Waals surface area contributed by atoms with Crippen LogP contribution in [0, 0.1) is 17.8 Å². The topological polar surface area (TPSA) is 66.8 Å². The zero-order valence-corrected chi connectivity index (χ0v) is 20.8. The summed E-state index contributed by atoms with van der Waals surface area (Å²) in [5.41, 5.74) is 1.35. The summed E-state index contributed by atoms with van der Waals surface area (Å²) in [6, 6.07) is 0. The van der Waals surface area contributed by atoms with Gasteiger partial charge in [-0.15, -0.1) is 0 Å². The van der Waals surface area contributed by atoms with Gasteiger partial charge in [0.2, 0.25) is 0 Å². The second kappa shape index (κ2) is 16.7. The van der Waals surface area contributed by atoms with Crippen LogP contribution in [0.25, 0.3) is 0 Å². The molecule has 1 saturated carbocycles. The van der Waals surface area contributed by atoms with Gasteiger partial charge in [-0.1, -0.05) is 77.4 Å². The van der Waals surface area contributed by atoms with E-state index in [-0.39, 0.29) is 30.0 Å². The summed E-state index contributed by atoms with van der Waals surface area (Å²) < 4.78 is 5.29. The van der Waals surface area contributed by atoms with Crippen LogP contribution in [-0.4, -0.2) is 35.0 Å². The van der Waals surface area contributed by atoms with Gasteiger partial charge in [0, 0.05) is 5.92 Å². The van der Waals surface area contributed by atoms with Crippen molar-refractivity contribution in [3.05, 3.63) is 11.6 Å². The number of unbranched alkanes of at least 4 members (excludes halogenated alkanes) is 4. The molecule has 2 N–H and O–H groups in total. The van der Waals surface area contributed by atoms with Crippen molar-refractivity contribution in [3.8, 4) is 0 Å². The van der Waals surface area contributed by atoms with Crippen LogP contribution in [0.4, 0.5) is 0 Å². The van der Waals surface area contributed by atoms with Gasteiger partial charge in [-0.25, -0.2) is 0 Å². The molecule has 0 bridgehead atoms. The minimum Gasteiger partial charge on any atom is -0.466 e. The van der Waals surface area contributed by atoms with E-state index in [1.54, 1.807) is 0 Å². The van der Waals surface area contributed by atoms with E-state index in [9.17, 15) is 15.0 Å². The van der Waals surface area contributed by atoms with Crippen molar-refractivity contribution >= 4 is 5.97 Å². The van der Waals surface area contributed by atoms with Crippen molar-refractivity contribution in [2.45, 2.75) is 130 Å². The molecule has 5 atom stereocenters. The standard InChI is InChI=1S/C27H50O4/c1-5-8-10-14-24(28)18-16-22-17-19-26(29)25(22)15-12-9-11-13-23(20-21(4)6-2)27(30)31-7-3/h16,21,23-26,28-29H,5-15,17-20H2,1-4H3/t21?,23?,24?,25-,26-/m1/s1. The van der Waals surface area contributed by atoms with Gasteiger partial charge in [0.15, 0.2) is 0 Å². The third-order valence-corrected chi connectivity index (χ3v) is 7.03. The predicted molar refractivity (Wildman–Crippen MR) is 129 cm³/mol. The van der Waals surface area contributed by atoms with Gasteiger partial charge in [-0.05, 0) is 57.8 Å². The highest BCUT2D eigenvalue weighted by atomic mass is 16.5. The summed E-state index contributed by atoms with van der Waals surface area (Å²) >= 11 is 0. The molecule has 1 rings (SSSR count). The molecule has 0 aromatic heterocycles. The lowest BCUT2D eigenvalue weighted by molar-refractivity contribution is -0.149. The molecule has 0 radical (unpaired) electrons. The quantitative estimate of drug-likeness (QED) is 0.153. The molecule has 0 saturated heterocycles. The molecule has 0 spiro atoms. The summed E-state index contributed by atoms with van der Waals surface area (Å²) in [6.45, 7) is 8.90. The Hall–Kier alpha value is -0.870. The smallest absolute Gasteiger partial charge is 0.308 e. The fourth-order valence-corrected chi connectivity index (χ4v) is 4.79. The van der Waals surface area contributed by atoms with Crippen LogP contribution in [0.15, 0.2) is 11.6 Å². The van der Waals surface area contributed by atoms with Crippen LogP contribution >= 0.6 is 0 Å². The first-order valence-corrected chi connectivity index (χ1v) is 13.1. The van der Waals surface area contributed by atoms with E-state index in [1.807, 2.05) is 6.92 Å². The molecule has 0 heterocycles. The van der Waals surface area contributed by atoms with E-state index in [0.717, 1.165) is 77.0 Å². The van der Waals surface area contributed by atoms with Crippen molar-refractivity contribution in [2.75, 3.05) is 6.61 Å². The number of carbonyl (C=O) groups excluding carboxylic acids is 1. The predicted octanol–water partition coefficient (Wildman–Crippen LogP) is 6.58. The first-order chi connectivity index (χ1) is 14.9. The van der Waals surface area contributed by atoms with Crippen LogP contribution in [0.2, 0.25) is 0 Å². The summed E-state index contributed by atoms with van der Waals surface area (Å²) in [7, 11) is 0. The zero-order valence-electron chi connectivity index (χ0n) is 20.8. The number of aliphatic hydroxyl groups excluding tert-OH is 2. The highest BCUT2D eigenvalue weighted by Gasteiger charge is 2.29. The van der Waals surface area contributed by atoms with Crippen molar-refractivity contribution in [3.63, 3.8) is 0 Å². The van der Waals surface area contributed by atoms with Crippen LogP contribution < -0.4 is 0 Å². The highest BCUT2D eigenvalue weighted by molar-refractivity contribution is 5.72. The molecule has 0 aliphatic heterocycles. The molecular weight excluding hydrogens is 388 g/mol. The number of hydrogen-bond donors (Lipinski definition) is 2. The van der Waals surface area contributed by atoms with Gasteiger partial charge < -0.3 is 14.9 Å². The molecule has 0 amide bonds. The fraction of sp³-hybridized carbons (Fsp3) is 0.889. The van der Waals surface area contributed by atoms with Gasteiger partial charge in [0.1, 0.15) is 0 Å². The summed E-state index contributed by atoms with van der Waals surface area (Å²) in [6.07, 6.45) is 15.7. The summed E-state index contributed by atoms with van der Waals surface area (Å²) in [5.74, 6) is 0.797. The Morgan fingerprint density at radius 1 is 1.13 bits per heavy atom. The van der Waals surface area contributed by atoms with E-state index >= 15 is 0 Å². The van der Waals surface area contributed by atoms with Crippen molar-refractivity contribution in [2.24, 2.45) is 17.8 Å². The minimum absolute atomic E-state index is 0.0247. The molecular formula is C27H50O4. The second-order valence-electron chi connectivity index (χ2n) is 9.71. The van der Waals surface area contributed by atoms with Crippen LogP contribution in [0.1, 0.15) is 118 Å². The molecule has 4 nitrogen and oxygen atoms in total. The Balaban J connectivity index is 2.40. The van der Waals surface area contributed by atoms with Crippen molar-refractivity contribution in [1.82, 2.24) is 0 Å². The molecule has 3 unspecified atom stereocenters. The van der Waals surface area contributed by atoms with Gasteiger partial charge >= 0.3 is 5.97 Å². The minimum atomic E-state index is -0.247. The molecule has 0 aromatic carbocycles. The van der Waals surface area contributed by atoms with E-state index in [2.05, 4.69) is 26.8 Å². The average molecular weight is 439 g/mol. The molecule has 182 valence electrons. The number of ether oxygens (including phenoxy) is 1. The molecule has 1 fully saturated rings. The van der Waals surface area contributed by atoms with Gasteiger partial charge in [0.25, 0.3) is 0 Å². The Morgan fingerprint density at radius 3 is 2.55 bits per heavy atom. The van der Waals surface area contributed by atoms with Gasteiger partial charge in [0.05, 0.1) is 24.7 Å². The lowest BCUT2D eigenvalue weighted by Crippen LogP contribution is -2.20. The zero-order chi connectivity index (χ0) is 23.1. The van der Waals surface area contributed by atoms with Crippen LogP contribution in [-0.2, 0) is 9.53 Å². The largest absolute Gasteiger partial charge is 0.466 e. The molecule has 1 aliphatic carbocycles. The number of rotatable bonds is 17. The van der Waals surface area contributed by atoms with E-state index in [1.165, 1.54) is 18.4 Å². The number of carbonyl (C=O) groups is 1. The number of esters is 1. The van der Waals surface area contributed by atoms with Crippen LogP contribution in [0.3, 0.4) is 0 Å². The summed E-state index contributed by atoms with van der Waals surface area (Å²) in [4.78, 5) is 12.3. The SMILES string of the molecule is CCCCCC(O)CC=C1CC[C@@H](O)[C@@H]1CCCCCC(CC(C)CC)C(=O)OCC. The van der Waals surface area contributed by atoms with Gasteiger partial charge in [-0.2, -0.15) is 0 Å². The molecule has 0 aromatic rings. The highest BCUT2D eigenvalue weighted by Crippen LogP contribution is 2.36. The number of hydrogen-bond acceptors (Lipinski definition) is 4. The van der Waals surface area contributed by atoms with Crippen molar-refractivity contribution < 1.29 is 19.7 Å². The molecule has 1 aliphatic rings.